The standard InChI is InChI=1S/C13H15BrN2O/c1-13(5-2-6-17-13)9-16-12-4-3-11(14)7-10(12)8-15/h3-4,7,16H,2,5-6,9H2,1H3. The number of anilines is 1. The van der Waals surface area contributed by atoms with Crippen LogP contribution in [0.2, 0.25) is 0 Å². The summed E-state index contributed by atoms with van der Waals surface area (Å²) >= 11 is 3.36. The fourth-order valence-corrected chi connectivity index (χ4v) is 2.38. The minimum absolute atomic E-state index is 0.0974. The molecule has 1 saturated heterocycles. The van der Waals surface area contributed by atoms with Crippen LogP contribution in [0.25, 0.3) is 0 Å². The predicted octanol–water partition coefficient (Wildman–Crippen LogP) is 3.30. The highest BCUT2D eigenvalue weighted by molar-refractivity contribution is 9.10. The van der Waals surface area contributed by atoms with Crippen molar-refractivity contribution in [3.05, 3.63) is 28.2 Å². The SMILES string of the molecule is CC1(CNc2ccc(Br)cc2C#N)CCCO1. The van der Waals surface area contributed by atoms with E-state index in [0.29, 0.717) is 5.56 Å². The quantitative estimate of drug-likeness (QED) is 0.930. The number of hydrogen-bond acceptors (Lipinski definition) is 3. The molecule has 1 unspecified atom stereocenters. The Hall–Kier alpha value is -1.05. The molecule has 4 heteroatoms. The smallest absolute Gasteiger partial charge is 0.101 e. The molecule has 0 saturated carbocycles. The molecule has 0 bridgehead atoms. The van der Waals surface area contributed by atoms with Gasteiger partial charge >= 0.3 is 0 Å². The first-order valence-corrected chi connectivity index (χ1v) is 6.50. The van der Waals surface area contributed by atoms with Gasteiger partial charge in [-0.25, -0.2) is 0 Å². The Labute approximate surface area is 110 Å². The van der Waals surface area contributed by atoms with Crippen LogP contribution in [-0.2, 0) is 4.74 Å². The van der Waals surface area contributed by atoms with Crippen LogP contribution in [0.4, 0.5) is 5.69 Å². The monoisotopic (exact) mass is 294 g/mol. The van der Waals surface area contributed by atoms with Crippen LogP contribution in [0.15, 0.2) is 22.7 Å². The van der Waals surface area contributed by atoms with E-state index in [2.05, 4.69) is 34.2 Å². The maximum atomic E-state index is 9.06. The van der Waals surface area contributed by atoms with E-state index in [9.17, 15) is 0 Å². The van der Waals surface area contributed by atoms with Crippen molar-refractivity contribution < 1.29 is 4.74 Å². The molecule has 1 N–H and O–H groups in total. The number of rotatable bonds is 3. The number of nitrogens with zero attached hydrogens (tertiary/aromatic N) is 1. The summed E-state index contributed by atoms with van der Waals surface area (Å²) in [6.45, 7) is 3.69. The van der Waals surface area contributed by atoms with Gasteiger partial charge in [-0.2, -0.15) is 5.26 Å². The molecular formula is C13H15BrN2O. The fourth-order valence-electron chi connectivity index (χ4n) is 2.02. The van der Waals surface area contributed by atoms with Crippen molar-refractivity contribution in [2.24, 2.45) is 0 Å². The van der Waals surface area contributed by atoms with Gasteiger partial charge in [-0.1, -0.05) is 15.9 Å². The van der Waals surface area contributed by atoms with Crippen LogP contribution in [-0.4, -0.2) is 18.8 Å². The minimum Gasteiger partial charge on any atom is -0.381 e. The first-order chi connectivity index (χ1) is 8.13. The molecule has 0 spiro atoms. The van der Waals surface area contributed by atoms with Crippen LogP contribution in [0.1, 0.15) is 25.3 Å². The molecule has 1 aliphatic heterocycles. The molecule has 0 radical (unpaired) electrons. The summed E-state index contributed by atoms with van der Waals surface area (Å²) in [6.07, 6.45) is 2.18. The first kappa shape index (κ1) is 12.4. The highest BCUT2D eigenvalue weighted by Crippen LogP contribution is 2.27. The normalized spacial score (nSPS) is 23.4. The summed E-state index contributed by atoms with van der Waals surface area (Å²) in [4.78, 5) is 0. The third-order valence-electron chi connectivity index (χ3n) is 3.06. The molecule has 90 valence electrons. The van der Waals surface area contributed by atoms with Gasteiger partial charge in [-0.3, -0.25) is 0 Å². The molecule has 3 nitrogen and oxygen atoms in total. The molecule has 0 amide bonds. The van der Waals surface area contributed by atoms with E-state index < -0.39 is 0 Å². The van der Waals surface area contributed by atoms with Crippen LogP contribution in [0, 0.1) is 11.3 Å². The lowest BCUT2D eigenvalue weighted by molar-refractivity contribution is 0.0315. The zero-order valence-corrected chi connectivity index (χ0v) is 11.4. The van der Waals surface area contributed by atoms with Crippen molar-refractivity contribution >= 4 is 21.6 Å². The van der Waals surface area contributed by atoms with Crippen molar-refractivity contribution in [3.8, 4) is 6.07 Å². The number of halogens is 1. The molecule has 1 aliphatic rings. The van der Waals surface area contributed by atoms with Gasteiger partial charge in [0.1, 0.15) is 6.07 Å². The molecule has 1 atom stereocenters. The summed E-state index contributed by atoms with van der Waals surface area (Å²) < 4.78 is 6.62. The maximum absolute atomic E-state index is 9.06. The second-order valence-electron chi connectivity index (χ2n) is 4.56. The Morgan fingerprint density at radius 2 is 2.41 bits per heavy atom. The number of nitriles is 1. The zero-order valence-electron chi connectivity index (χ0n) is 9.79. The van der Waals surface area contributed by atoms with Crippen molar-refractivity contribution in [1.29, 1.82) is 5.26 Å². The highest BCUT2D eigenvalue weighted by atomic mass is 79.9. The second kappa shape index (κ2) is 5.07. The number of nitrogens with one attached hydrogen (secondary N) is 1. The van der Waals surface area contributed by atoms with Crippen molar-refractivity contribution in [2.75, 3.05) is 18.5 Å². The summed E-state index contributed by atoms with van der Waals surface area (Å²) in [5, 5.41) is 12.4. The van der Waals surface area contributed by atoms with Crippen LogP contribution >= 0.6 is 15.9 Å². The lowest BCUT2D eigenvalue weighted by atomic mass is 10.0. The van der Waals surface area contributed by atoms with Crippen LogP contribution in [0.5, 0.6) is 0 Å². The molecule has 2 rings (SSSR count). The van der Waals surface area contributed by atoms with E-state index in [4.69, 9.17) is 10.00 Å². The van der Waals surface area contributed by atoms with Crippen LogP contribution in [0.3, 0.4) is 0 Å². The van der Waals surface area contributed by atoms with E-state index >= 15 is 0 Å². The fraction of sp³-hybridized carbons (Fsp3) is 0.462. The van der Waals surface area contributed by atoms with Gasteiger partial charge in [0.05, 0.1) is 16.9 Å². The lowest BCUT2D eigenvalue weighted by Gasteiger charge is -2.24. The van der Waals surface area contributed by atoms with Gasteiger partial charge in [-0.15, -0.1) is 0 Å². The Morgan fingerprint density at radius 1 is 1.59 bits per heavy atom. The van der Waals surface area contributed by atoms with E-state index in [1.165, 1.54) is 0 Å². The summed E-state index contributed by atoms with van der Waals surface area (Å²) in [5.74, 6) is 0. The first-order valence-electron chi connectivity index (χ1n) is 5.70. The molecule has 0 aromatic heterocycles. The molecular weight excluding hydrogens is 280 g/mol. The van der Waals surface area contributed by atoms with Crippen LogP contribution < -0.4 is 5.32 Å². The topological polar surface area (TPSA) is 45.0 Å². The van der Waals surface area contributed by atoms with Crippen molar-refractivity contribution in [1.82, 2.24) is 0 Å². The molecule has 1 fully saturated rings. The molecule has 1 heterocycles. The van der Waals surface area contributed by atoms with Crippen molar-refractivity contribution in [2.45, 2.75) is 25.4 Å². The van der Waals surface area contributed by atoms with E-state index in [0.717, 1.165) is 36.2 Å². The van der Waals surface area contributed by atoms with Gasteiger partial charge in [0.2, 0.25) is 0 Å². The van der Waals surface area contributed by atoms with Crippen molar-refractivity contribution in [3.63, 3.8) is 0 Å². The largest absolute Gasteiger partial charge is 0.381 e. The zero-order chi connectivity index (χ0) is 12.3. The van der Waals surface area contributed by atoms with Gasteiger partial charge in [-0.05, 0) is 38.0 Å². The number of hydrogen-bond donors (Lipinski definition) is 1. The second-order valence-corrected chi connectivity index (χ2v) is 5.47. The highest BCUT2D eigenvalue weighted by Gasteiger charge is 2.29. The summed E-state index contributed by atoms with van der Waals surface area (Å²) in [7, 11) is 0. The number of benzene rings is 1. The Bertz CT molecular complexity index is 447. The average molecular weight is 295 g/mol. The molecule has 1 aromatic carbocycles. The predicted molar refractivity (Wildman–Crippen MR) is 70.9 cm³/mol. The third kappa shape index (κ3) is 2.99. The maximum Gasteiger partial charge on any atom is 0.101 e. The Balaban J connectivity index is 2.06. The van der Waals surface area contributed by atoms with Gasteiger partial charge in [0, 0.05) is 17.6 Å². The Morgan fingerprint density at radius 3 is 3.06 bits per heavy atom. The lowest BCUT2D eigenvalue weighted by Crippen LogP contribution is -2.32. The Kier molecular flexibility index (Phi) is 3.70. The average Bonchev–Trinajstić information content (AvgIpc) is 2.75. The van der Waals surface area contributed by atoms with Gasteiger partial charge in [0.15, 0.2) is 0 Å². The molecule has 17 heavy (non-hydrogen) atoms. The summed E-state index contributed by atoms with van der Waals surface area (Å²) in [5.41, 5.74) is 1.42. The third-order valence-corrected chi connectivity index (χ3v) is 3.55. The summed E-state index contributed by atoms with van der Waals surface area (Å²) in [6, 6.07) is 7.86. The van der Waals surface area contributed by atoms with Gasteiger partial charge < -0.3 is 10.1 Å². The van der Waals surface area contributed by atoms with E-state index in [1.54, 1.807) is 0 Å². The minimum atomic E-state index is -0.0974. The molecule has 1 aromatic rings. The number of ether oxygens (including phenoxy) is 1. The van der Waals surface area contributed by atoms with Gasteiger partial charge in [0.25, 0.3) is 0 Å². The van der Waals surface area contributed by atoms with E-state index in [-0.39, 0.29) is 5.60 Å². The van der Waals surface area contributed by atoms with E-state index in [1.807, 2.05) is 18.2 Å². The molecule has 0 aliphatic carbocycles.